The van der Waals surface area contributed by atoms with Crippen LogP contribution >= 0.6 is 22.7 Å². The third kappa shape index (κ3) is 4.23. The van der Waals surface area contributed by atoms with Gasteiger partial charge in [0, 0.05) is 43.3 Å². The molecule has 7 rings (SSSR count). The zero-order valence-corrected chi connectivity index (χ0v) is 29.9. The molecule has 6 aromatic rings. The summed E-state index contributed by atoms with van der Waals surface area (Å²) in [6.07, 6.45) is 4.14. The van der Waals surface area contributed by atoms with Gasteiger partial charge in [0.25, 0.3) is 0 Å². The molecule has 0 saturated heterocycles. The van der Waals surface area contributed by atoms with E-state index in [4.69, 9.17) is 18.2 Å². The van der Waals surface area contributed by atoms with Crippen LogP contribution in [0.3, 0.4) is 0 Å². The molecule has 0 unspecified atom stereocenters. The van der Waals surface area contributed by atoms with Crippen LogP contribution in [-0.4, -0.2) is 43.2 Å². The topological polar surface area (TPSA) is 44.2 Å². The summed E-state index contributed by atoms with van der Waals surface area (Å²) < 4.78 is 17.0. The van der Waals surface area contributed by atoms with Crippen LogP contribution in [0.15, 0.2) is 60.9 Å². The first kappa shape index (κ1) is 26.8. The number of pyridine rings is 2. The Kier molecular flexibility index (Phi) is 5.87. The fourth-order valence-corrected chi connectivity index (χ4v) is 24.0. The van der Waals surface area contributed by atoms with Gasteiger partial charge in [0.1, 0.15) is 9.66 Å². The molecule has 0 radical (unpaired) electrons. The average molecular weight is 631 g/mol. The monoisotopic (exact) mass is 630 g/mol. The first-order valence-corrected chi connectivity index (χ1v) is 27.1. The highest BCUT2D eigenvalue weighted by Gasteiger charge is 2.39. The van der Waals surface area contributed by atoms with Gasteiger partial charge in [-0.05, 0) is 97.4 Å². The van der Waals surface area contributed by atoms with Crippen molar-refractivity contribution in [2.45, 2.75) is 52.4 Å². The van der Waals surface area contributed by atoms with Crippen LogP contribution in [0.5, 0.6) is 0 Å². The van der Waals surface area contributed by atoms with E-state index >= 15 is 0 Å². The molecule has 0 N–H and O–H groups in total. The summed E-state index contributed by atoms with van der Waals surface area (Å²) in [7, 11) is -9.00. The Morgan fingerprint density at radius 1 is 0.475 bits per heavy atom. The van der Waals surface area contributed by atoms with Gasteiger partial charge in [0.05, 0.1) is 0 Å². The molecule has 0 atom stereocenters. The third-order valence-corrected chi connectivity index (χ3v) is 25.5. The molecule has 2 aromatic carbocycles. The normalized spacial score (nSPS) is 19.6. The van der Waals surface area contributed by atoms with E-state index in [1.54, 1.807) is 22.7 Å². The lowest BCUT2D eigenvalue weighted by Gasteiger charge is -2.35. The van der Waals surface area contributed by atoms with Crippen LogP contribution in [-0.2, 0) is 8.23 Å². The molecule has 4 nitrogen and oxygen atoms in total. The molecule has 1 aliphatic heterocycles. The van der Waals surface area contributed by atoms with Gasteiger partial charge in [0.2, 0.25) is 33.3 Å². The highest BCUT2D eigenvalue weighted by atomic mass is 32.1. The maximum atomic E-state index is 7.27. The van der Waals surface area contributed by atoms with Crippen LogP contribution in [0, 0.1) is 0 Å². The lowest BCUT2D eigenvalue weighted by atomic mass is 10.2. The molecular formula is C30H34N2O2S2Si4. The van der Waals surface area contributed by atoms with Gasteiger partial charge in [-0.3, -0.25) is 0 Å². The first-order valence-electron chi connectivity index (χ1n) is 13.8. The summed E-state index contributed by atoms with van der Waals surface area (Å²) in [5.74, 6) is 0. The summed E-state index contributed by atoms with van der Waals surface area (Å²) >= 11 is 3.56. The largest absolute Gasteiger partial charge is 0.449 e. The minimum absolute atomic E-state index is 1.09. The molecule has 1 aliphatic rings. The van der Waals surface area contributed by atoms with E-state index in [1.165, 1.54) is 51.7 Å². The Labute approximate surface area is 247 Å². The van der Waals surface area contributed by atoms with Crippen molar-refractivity contribution in [3.63, 3.8) is 0 Å². The number of aromatic nitrogens is 2. The van der Waals surface area contributed by atoms with E-state index in [2.05, 4.69) is 113 Å². The molecule has 40 heavy (non-hydrogen) atoms. The molecule has 0 saturated carbocycles. The molecular weight excluding hydrogens is 597 g/mol. The Morgan fingerprint density at radius 3 is 1.23 bits per heavy atom. The van der Waals surface area contributed by atoms with E-state index in [-0.39, 0.29) is 0 Å². The number of hydrogen-bond donors (Lipinski definition) is 0. The van der Waals surface area contributed by atoms with E-state index in [0.717, 1.165) is 9.66 Å². The number of fused-ring (bicyclic) bond motifs is 4. The van der Waals surface area contributed by atoms with E-state index in [0.29, 0.717) is 0 Å². The van der Waals surface area contributed by atoms with Crippen molar-refractivity contribution in [2.24, 2.45) is 0 Å². The second-order valence-corrected chi connectivity index (χ2v) is 31.1. The van der Waals surface area contributed by atoms with Gasteiger partial charge in [-0.15, -0.1) is 22.7 Å². The second kappa shape index (κ2) is 8.74. The lowest BCUT2D eigenvalue weighted by molar-refractivity contribution is 0.572. The summed E-state index contributed by atoms with van der Waals surface area (Å²) in [5.41, 5.74) is 0. The number of nitrogens with zero attached hydrogens (tertiary/aromatic N) is 2. The molecule has 5 heterocycles. The van der Waals surface area contributed by atoms with Gasteiger partial charge in [-0.25, -0.2) is 9.97 Å². The molecule has 0 aliphatic carbocycles. The standard InChI is InChI=1S/C30H34N2O2S2Si4/c1-37(2)19-9-11-27-23(13-19)25-15-21(17-31-29(25)35-27)39(5,6)34-40(7,8)22-16-26-24-14-20(38(3,4)33-37)10-12-28(24)36-30(26)32-18-22/h9-18H,1-8H3. The maximum Gasteiger partial charge on any atom is 0.207 e. The highest BCUT2D eigenvalue weighted by molar-refractivity contribution is 7.26. The van der Waals surface area contributed by atoms with E-state index in [1.807, 2.05) is 0 Å². The first-order chi connectivity index (χ1) is 18.7. The quantitative estimate of drug-likeness (QED) is 0.177. The van der Waals surface area contributed by atoms with Crippen molar-refractivity contribution >= 4 is 117 Å². The highest BCUT2D eigenvalue weighted by Crippen LogP contribution is 2.34. The van der Waals surface area contributed by atoms with Gasteiger partial charge in [-0.2, -0.15) is 0 Å². The van der Waals surface area contributed by atoms with Crippen LogP contribution in [0.2, 0.25) is 52.4 Å². The maximum absolute atomic E-state index is 7.27. The lowest BCUT2D eigenvalue weighted by Crippen LogP contribution is -2.58. The molecule has 0 amide bonds. The zero-order valence-electron chi connectivity index (χ0n) is 24.3. The van der Waals surface area contributed by atoms with Gasteiger partial charge in [0.15, 0.2) is 0 Å². The van der Waals surface area contributed by atoms with Gasteiger partial charge in [-0.1, -0.05) is 24.3 Å². The van der Waals surface area contributed by atoms with Gasteiger partial charge < -0.3 is 8.23 Å². The number of benzene rings is 2. The predicted octanol–water partition coefficient (Wildman–Crippen LogP) is 6.61. The summed E-state index contributed by atoms with van der Waals surface area (Å²) in [4.78, 5) is 12.1. The summed E-state index contributed by atoms with van der Waals surface area (Å²) in [6.45, 7) is 18.7. The Hall–Kier alpha value is -2.03. The summed E-state index contributed by atoms with van der Waals surface area (Å²) in [5, 5.41) is 10.2. The molecule has 0 spiro atoms. The van der Waals surface area contributed by atoms with Crippen LogP contribution in [0.1, 0.15) is 0 Å². The zero-order chi connectivity index (χ0) is 28.2. The Morgan fingerprint density at radius 2 is 0.825 bits per heavy atom. The molecule has 10 heteroatoms. The van der Waals surface area contributed by atoms with Crippen molar-refractivity contribution in [1.82, 2.24) is 9.97 Å². The molecule has 8 bridgehead atoms. The van der Waals surface area contributed by atoms with Crippen molar-refractivity contribution in [1.29, 1.82) is 0 Å². The molecule has 0 fully saturated rings. The van der Waals surface area contributed by atoms with Crippen LogP contribution in [0.25, 0.3) is 40.6 Å². The van der Waals surface area contributed by atoms with E-state index < -0.39 is 33.3 Å². The van der Waals surface area contributed by atoms with Crippen LogP contribution in [0.4, 0.5) is 0 Å². The smallest absolute Gasteiger partial charge is 0.207 e. The fourth-order valence-electron chi connectivity index (χ4n) is 6.24. The number of rotatable bonds is 0. The second-order valence-electron chi connectivity index (χ2n) is 13.0. The van der Waals surface area contributed by atoms with Crippen molar-refractivity contribution in [3.8, 4) is 0 Å². The van der Waals surface area contributed by atoms with Crippen molar-refractivity contribution in [3.05, 3.63) is 60.9 Å². The Bertz CT molecular complexity index is 1710. The third-order valence-electron chi connectivity index (χ3n) is 8.46. The Balaban J connectivity index is 1.51. The van der Waals surface area contributed by atoms with Gasteiger partial charge >= 0.3 is 0 Å². The van der Waals surface area contributed by atoms with E-state index in [9.17, 15) is 0 Å². The van der Waals surface area contributed by atoms with Crippen molar-refractivity contribution < 1.29 is 8.23 Å². The molecule has 4 aromatic heterocycles. The average Bonchev–Trinajstić information content (AvgIpc) is 3.43. The number of hydrogen-bond acceptors (Lipinski definition) is 6. The fraction of sp³-hybridized carbons (Fsp3) is 0.267. The predicted molar refractivity (Wildman–Crippen MR) is 185 cm³/mol. The summed E-state index contributed by atoms with van der Waals surface area (Å²) in [6, 6.07) is 18.7. The van der Waals surface area contributed by atoms with Crippen LogP contribution < -0.4 is 20.7 Å². The minimum atomic E-state index is -2.28. The number of thiophene rings is 2. The minimum Gasteiger partial charge on any atom is -0.449 e. The van der Waals surface area contributed by atoms with Crippen molar-refractivity contribution in [2.75, 3.05) is 0 Å². The SMILES string of the molecule is C[Si]1(C)O[Si](C)(C)c2ccc3sc4ncc(cc4c3c2)[Si](C)(C)O[Si](C)(C)c2cnc3sc4ccc1cc4c3c2. The molecule has 204 valence electrons.